The minimum atomic E-state index is -0.618. The van der Waals surface area contributed by atoms with Crippen LogP contribution in [0, 0.1) is 10.8 Å². The molecule has 0 spiro atoms. The Morgan fingerprint density at radius 3 is 1.46 bits per heavy atom. The van der Waals surface area contributed by atoms with E-state index >= 15 is 0 Å². The van der Waals surface area contributed by atoms with Crippen LogP contribution < -0.4 is 0 Å². The first-order chi connectivity index (χ1) is 10.8. The summed E-state index contributed by atoms with van der Waals surface area (Å²) in [5.74, 6) is -1.05. The van der Waals surface area contributed by atoms with Gasteiger partial charge in [-0.1, -0.05) is 47.6 Å². The van der Waals surface area contributed by atoms with Crippen molar-refractivity contribution in [2.75, 3.05) is 0 Å². The zero-order valence-corrected chi connectivity index (χ0v) is 15.0. The second-order valence-corrected chi connectivity index (χ2v) is 7.70. The molecule has 0 atom stereocenters. The van der Waals surface area contributed by atoms with Crippen molar-refractivity contribution >= 4 is 23.1 Å². The number of carbonyl (C=O) groups is 2. The van der Waals surface area contributed by atoms with Gasteiger partial charge in [-0.05, 0) is 12.1 Å². The lowest BCUT2D eigenvalue weighted by Gasteiger charge is -2.14. The summed E-state index contributed by atoms with van der Waals surface area (Å²) >= 11 is 0. The molecule has 5 heteroatoms. The molecule has 0 aliphatic carbocycles. The van der Waals surface area contributed by atoms with Gasteiger partial charge in [0.1, 0.15) is 22.9 Å². The van der Waals surface area contributed by atoms with Gasteiger partial charge in [0.05, 0.1) is 0 Å². The number of nitrogens with zero attached hydrogens (tertiary/aromatic N) is 1. The van der Waals surface area contributed by atoms with Gasteiger partial charge in [-0.2, -0.15) is 0 Å². The predicted molar refractivity (Wildman–Crippen MR) is 94.4 cm³/mol. The third-order valence-electron chi connectivity index (χ3n) is 3.29. The molecule has 1 heterocycles. The molecule has 1 aromatic rings. The number of ketones is 2. The first-order valence-electron chi connectivity index (χ1n) is 7.70. The lowest BCUT2D eigenvalue weighted by Crippen LogP contribution is -2.18. The van der Waals surface area contributed by atoms with Crippen LogP contribution in [0.4, 0.5) is 0 Å². The third kappa shape index (κ3) is 5.33. The van der Waals surface area contributed by atoms with Crippen molar-refractivity contribution in [2.24, 2.45) is 10.8 Å². The van der Waals surface area contributed by atoms with Crippen LogP contribution in [-0.4, -0.2) is 26.8 Å². The van der Waals surface area contributed by atoms with E-state index < -0.39 is 10.8 Å². The molecule has 24 heavy (non-hydrogen) atoms. The molecule has 0 aromatic carbocycles. The molecular formula is C19H25NO4. The normalized spacial score (nSPS) is 13.8. The van der Waals surface area contributed by atoms with Gasteiger partial charge in [0.2, 0.25) is 0 Å². The molecule has 0 bridgehead atoms. The molecule has 0 amide bonds. The van der Waals surface area contributed by atoms with Crippen LogP contribution in [0.5, 0.6) is 0 Å². The molecule has 0 aliphatic heterocycles. The summed E-state index contributed by atoms with van der Waals surface area (Å²) in [6.45, 7) is 10.5. The second-order valence-electron chi connectivity index (χ2n) is 7.70. The lowest BCUT2D eigenvalue weighted by molar-refractivity contribution is -0.122. The van der Waals surface area contributed by atoms with Gasteiger partial charge in [0.15, 0.2) is 11.6 Å². The molecular weight excluding hydrogens is 306 g/mol. The van der Waals surface area contributed by atoms with E-state index in [1.165, 1.54) is 12.1 Å². The molecule has 2 N–H and O–H groups in total. The van der Waals surface area contributed by atoms with Crippen LogP contribution in [0.1, 0.15) is 52.9 Å². The van der Waals surface area contributed by atoms with Crippen molar-refractivity contribution in [3.8, 4) is 0 Å². The fraction of sp³-hybridized carbons (Fsp3) is 0.421. The molecule has 130 valence electrons. The van der Waals surface area contributed by atoms with E-state index in [0.717, 1.165) is 12.2 Å². The number of aromatic nitrogens is 1. The SMILES string of the molecule is CC(C)(C)C(=O)/C=C(\O)c1cccc(/C(O)=C/C(=O)C(C)(C)C)n1. The smallest absolute Gasteiger partial charge is 0.164 e. The second kappa shape index (κ2) is 6.99. The maximum absolute atomic E-state index is 12.0. The number of carbonyl (C=O) groups excluding carboxylic acids is 2. The quantitative estimate of drug-likeness (QED) is 0.640. The van der Waals surface area contributed by atoms with Gasteiger partial charge >= 0.3 is 0 Å². The zero-order valence-electron chi connectivity index (χ0n) is 15.0. The Kier molecular flexibility index (Phi) is 5.71. The van der Waals surface area contributed by atoms with Gasteiger partial charge < -0.3 is 10.2 Å². The fourth-order valence-electron chi connectivity index (χ4n) is 1.55. The molecule has 0 saturated carbocycles. The van der Waals surface area contributed by atoms with Crippen molar-refractivity contribution in [1.29, 1.82) is 0 Å². The molecule has 0 aliphatic rings. The number of hydrogen-bond donors (Lipinski definition) is 2. The molecule has 5 nitrogen and oxygen atoms in total. The average Bonchev–Trinajstić information content (AvgIpc) is 2.45. The Hall–Kier alpha value is -2.43. The maximum atomic E-state index is 12.0. The molecule has 0 fully saturated rings. The predicted octanol–water partition coefficient (Wildman–Crippen LogP) is 4.11. The van der Waals surface area contributed by atoms with Gasteiger partial charge in [-0.25, -0.2) is 4.98 Å². The van der Waals surface area contributed by atoms with Crippen molar-refractivity contribution in [2.45, 2.75) is 41.5 Å². The number of allylic oxidation sites excluding steroid dienone is 2. The first-order valence-corrected chi connectivity index (χ1v) is 7.70. The number of aliphatic hydroxyl groups excluding tert-OH is 2. The standard InChI is InChI=1S/C19H25NO4/c1-18(2,3)16(23)10-14(21)12-8-7-9-13(20-12)15(22)11-17(24)19(4,5)6/h7-11,21-22H,1-6H3/b14-10-,15-11-. The fourth-order valence-corrected chi connectivity index (χ4v) is 1.55. The summed E-state index contributed by atoms with van der Waals surface area (Å²) < 4.78 is 0. The van der Waals surface area contributed by atoms with Crippen LogP contribution in [0.15, 0.2) is 30.4 Å². The Bertz CT molecular complexity index is 644. The lowest BCUT2D eigenvalue weighted by atomic mass is 9.90. The Labute approximate surface area is 142 Å². The van der Waals surface area contributed by atoms with Gasteiger partial charge in [-0.15, -0.1) is 0 Å². The van der Waals surface area contributed by atoms with Crippen LogP contribution in [0.3, 0.4) is 0 Å². The number of rotatable bonds is 4. The highest BCUT2D eigenvalue weighted by Gasteiger charge is 2.21. The van der Waals surface area contributed by atoms with E-state index in [1.807, 2.05) is 0 Å². The average molecular weight is 331 g/mol. The van der Waals surface area contributed by atoms with E-state index in [9.17, 15) is 19.8 Å². The highest BCUT2D eigenvalue weighted by Crippen LogP contribution is 2.21. The summed E-state index contributed by atoms with van der Waals surface area (Å²) in [5, 5.41) is 20.2. The summed E-state index contributed by atoms with van der Waals surface area (Å²) in [6.07, 6.45) is 2.24. The van der Waals surface area contributed by atoms with Crippen LogP contribution in [-0.2, 0) is 9.59 Å². The molecule has 1 aromatic heterocycles. The Balaban J connectivity index is 3.15. The molecule has 0 unspecified atom stereocenters. The van der Waals surface area contributed by atoms with Crippen molar-refractivity contribution in [3.63, 3.8) is 0 Å². The van der Waals surface area contributed by atoms with Crippen LogP contribution in [0.25, 0.3) is 11.5 Å². The monoisotopic (exact) mass is 331 g/mol. The molecule has 0 saturated heterocycles. The van der Waals surface area contributed by atoms with E-state index in [1.54, 1.807) is 47.6 Å². The van der Waals surface area contributed by atoms with E-state index in [-0.39, 0.29) is 34.5 Å². The van der Waals surface area contributed by atoms with E-state index in [2.05, 4.69) is 4.98 Å². The number of hydrogen-bond acceptors (Lipinski definition) is 5. The number of aliphatic hydroxyl groups is 2. The third-order valence-corrected chi connectivity index (χ3v) is 3.29. The summed E-state index contributed by atoms with van der Waals surface area (Å²) in [5.41, 5.74) is -0.944. The van der Waals surface area contributed by atoms with Crippen LogP contribution in [0.2, 0.25) is 0 Å². The van der Waals surface area contributed by atoms with Gasteiger partial charge in [0, 0.05) is 23.0 Å². The first kappa shape index (κ1) is 19.6. The highest BCUT2D eigenvalue weighted by molar-refractivity contribution is 5.99. The summed E-state index contributed by atoms with van der Waals surface area (Å²) in [6, 6.07) is 4.61. The van der Waals surface area contributed by atoms with E-state index in [4.69, 9.17) is 0 Å². The summed E-state index contributed by atoms with van der Waals surface area (Å²) in [4.78, 5) is 28.0. The van der Waals surface area contributed by atoms with Crippen molar-refractivity contribution in [3.05, 3.63) is 41.7 Å². The number of pyridine rings is 1. The molecule has 1 rings (SSSR count). The largest absolute Gasteiger partial charge is 0.506 e. The van der Waals surface area contributed by atoms with Crippen molar-refractivity contribution < 1.29 is 19.8 Å². The Morgan fingerprint density at radius 2 is 1.17 bits per heavy atom. The summed E-state index contributed by atoms with van der Waals surface area (Å²) in [7, 11) is 0. The van der Waals surface area contributed by atoms with Crippen molar-refractivity contribution in [1.82, 2.24) is 4.98 Å². The maximum Gasteiger partial charge on any atom is 0.164 e. The zero-order chi connectivity index (χ0) is 18.7. The highest BCUT2D eigenvalue weighted by atomic mass is 16.3. The Morgan fingerprint density at radius 1 is 0.833 bits per heavy atom. The molecule has 0 radical (unpaired) electrons. The minimum absolute atomic E-state index is 0.147. The van der Waals surface area contributed by atoms with Gasteiger partial charge in [0.25, 0.3) is 0 Å². The van der Waals surface area contributed by atoms with E-state index in [0.29, 0.717) is 0 Å². The van der Waals surface area contributed by atoms with Gasteiger partial charge in [-0.3, -0.25) is 9.59 Å². The minimum Gasteiger partial charge on any atom is -0.506 e. The van der Waals surface area contributed by atoms with Crippen LogP contribution >= 0.6 is 0 Å². The topological polar surface area (TPSA) is 87.5 Å².